The Morgan fingerprint density at radius 3 is 2.67 bits per heavy atom. The molecule has 0 amide bonds. The molecule has 21 heavy (non-hydrogen) atoms. The summed E-state index contributed by atoms with van der Waals surface area (Å²) in [6.07, 6.45) is 4.67. The number of hydrogen-bond donors (Lipinski definition) is 1. The van der Waals surface area contributed by atoms with Crippen molar-refractivity contribution in [2.24, 2.45) is 0 Å². The van der Waals surface area contributed by atoms with Crippen LogP contribution in [-0.4, -0.2) is 32.5 Å². The summed E-state index contributed by atoms with van der Waals surface area (Å²) in [6, 6.07) is 9.33. The number of benzene rings is 1. The number of aryl methyl sites for hydroxylation is 1. The highest BCUT2D eigenvalue weighted by atomic mass is 16.5. The molecule has 0 saturated carbocycles. The molecule has 3 heteroatoms. The lowest BCUT2D eigenvalue weighted by Gasteiger charge is -2.28. The third-order valence-corrected chi connectivity index (χ3v) is 4.53. The van der Waals surface area contributed by atoms with E-state index in [4.69, 9.17) is 9.47 Å². The van der Waals surface area contributed by atoms with Crippen molar-refractivity contribution in [3.05, 3.63) is 35.4 Å². The minimum Gasteiger partial charge on any atom is -0.378 e. The van der Waals surface area contributed by atoms with Crippen LogP contribution in [0.1, 0.15) is 50.3 Å². The van der Waals surface area contributed by atoms with E-state index in [1.165, 1.54) is 30.4 Å². The molecule has 1 fully saturated rings. The molecule has 0 radical (unpaired) electrons. The van der Waals surface area contributed by atoms with Gasteiger partial charge in [-0.2, -0.15) is 0 Å². The Hall–Kier alpha value is -0.900. The molecule has 2 atom stereocenters. The predicted octanol–water partition coefficient (Wildman–Crippen LogP) is 3.49. The number of hydrogen-bond acceptors (Lipinski definition) is 3. The first-order chi connectivity index (χ1) is 10.2. The Bertz CT molecular complexity index is 410. The zero-order valence-electron chi connectivity index (χ0n) is 13.7. The fourth-order valence-electron chi connectivity index (χ4n) is 2.77. The lowest BCUT2D eigenvalue weighted by Crippen LogP contribution is -2.43. The first-order valence-corrected chi connectivity index (χ1v) is 8.14. The molecule has 0 aromatic heterocycles. The standard InChI is InChI=1S/C18H29NO2/c1-4-5-6-16-7-9-17(10-8-16)15(2)19-13-18(20-3)11-12-21-14-18/h7-10,15,19H,4-6,11-14H2,1-3H3. The molecule has 1 N–H and O–H groups in total. The van der Waals surface area contributed by atoms with Gasteiger partial charge in [0, 0.05) is 32.7 Å². The van der Waals surface area contributed by atoms with Crippen molar-refractivity contribution < 1.29 is 9.47 Å². The lowest BCUT2D eigenvalue weighted by molar-refractivity contribution is -0.0172. The molecule has 1 aliphatic rings. The zero-order chi connectivity index (χ0) is 15.1. The third-order valence-electron chi connectivity index (χ3n) is 4.53. The molecular formula is C18H29NO2. The van der Waals surface area contributed by atoms with E-state index in [1.807, 2.05) is 0 Å². The van der Waals surface area contributed by atoms with Crippen LogP contribution in [0.5, 0.6) is 0 Å². The molecule has 2 rings (SSSR count). The Morgan fingerprint density at radius 1 is 1.33 bits per heavy atom. The molecule has 1 aromatic carbocycles. The van der Waals surface area contributed by atoms with E-state index in [0.29, 0.717) is 12.6 Å². The van der Waals surface area contributed by atoms with Gasteiger partial charge in [-0.15, -0.1) is 0 Å². The second-order valence-corrected chi connectivity index (χ2v) is 6.14. The van der Waals surface area contributed by atoms with Crippen LogP contribution in [0.2, 0.25) is 0 Å². The second-order valence-electron chi connectivity index (χ2n) is 6.14. The van der Waals surface area contributed by atoms with Gasteiger partial charge in [0.05, 0.1) is 6.61 Å². The van der Waals surface area contributed by atoms with Gasteiger partial charge in [0.2, 0.25) is 0 Å². The Labute approximate surface area is 129 Å². The molecule has 0 spiro atoms. The number of methoxy groups -OCH3 is 1. The Balaban J connectivity index is 1.86. The molecule has 1 heterocycles. The van der Waals surface area contributed by atoms with Crippen LogP contribution in [0.4, 0.5) is 0 Å². The quantitative estimate of drug-likeness (QED) is 0.795. The normalized spacial score (nSPS) is 23.4. The average Bonchev–Trinajstić information content (AvgIpc) is 3.00. The molecular weight excluding hydrogens is 262 g/mol. The summed E-state index contributed by atoms with van der Waals surface area (Å²) >= 11 is 0. The summed E-state index contributed by atoms with van der Waals surface area (Å²) in [5.41, 5.74) is 2.63. The van der Waals surface area contributed by atoms with Crippen LogP contribution in [-0.2, 0) is 15.9 Å². The highest BCUT2D eigenvalue weighted by molar-refractivity contribution is 5.24. The minimum atomic E-state index is -0.144. The smallest absolute Gasteiger partial charge is 0.106 e. The van der Waals surface area contributed by atoms with Gasteiger partial charge in [0.15, 0.2) is 0 Å². The topological polar surface area (TPSA) is 30.5 Å². The van der Waals surface area contributed by atoms with E-state index in [-0.39, 0.29) is 5.60 Å². The minimum absolute atomic E-state index is 0.144. The largest absolute Gasteiger partial charge is 0.378 e. The van der Waals surface area contributed by atoms with E-state index in [9.17, 15) is 0 Å². The van der Waals surface area contributed by atoms with E-state index >= 15 is 0 Å². The molecule has 0 bridgehead atoms. The summed E-state index contributed by atoms with van der Waals surface area (Å²) in [7, 11) is 1.78. The first-order valence-electron chi connectivity index (χ1n) is 8.14. The summed E-state index contributed by atoms with van der Waals surface area (Å²) in [5.74, 6) is 0. The highest BCUT2D eigenvalue weighted by Crippen LogP contribution is 2.23. The average molecular weight is 291 g/mol. The van der Waals surface area contributed by atoms with E-state index in [0.717, 1.165) is 19.6 Å². The van der Waals surface area contributed by atoms with Gasteiger partial charge in [0.25, 0.3) is 0 Å². The number of unbranched alkanes of at least 4 members (excludes halogenated alkanes) is 1. The van der Waals surface area contributed by atoms with Crippen molar-refractivity contribution in [1.29, 1.82) is 0 Å². The predicted molar refractivity (Wildman–Crippen MR) is 86.6 cm³/mol. The summed E-state index contributed by atoms with van der Waals surface area (Å²) < 4.78 is 11.1. The van der Waals surface area contributed by atoms with E-state index in [1.54, 1.807) is 7.11 Å². The van der Waals surface area contributed by atoms with Gasteiger partial charge in [-0.05, 0) is 30.9 Å². The van der Waals surface area contributed by atoms with Gasteiger partial charge in [-0.25, -0.2) is 0 Å². The van der Waals surface area contributed by atoms with Crippen LogP contribution in [0.3, 0.4) is 0 Å². The second kappa shape index (κ2) is 7.92. The monoisotopic (exact) mass is 291 g/mol. The van der Waals surface area contributed by atoms with Gasteiger partial charge in [-0.3, -0.25) is 0 Å². The van der Waals surface area contributed by atoms with Crippen LogP contribution >= 0.6 is 0 Å². The van der Waals surface area contributed by atoms with Crippen LogP contribution < -0.4 is 5.32 Å². The molecule has 118 valence electrons. The maximum absolute atomic E-state index is 5.66. The van der Waals surface area contributed by atoms with Crippen molar-refractivity contribution in [3.63, 3.8) is 0 Å². The summed E-state index contributed by atoms with van der Waals surface area (Å²) in [5, 5.41) is 3.59. The van der Waals surface area contributed by atoms with E-state index in [2.05, 4.69) is 43.4 Å². The number of rotatable bonds is 8. The Morgan fingerprint density at radius 2 is 2.10 bits per heavy atom. The van der Waals surface area contributed by atoms with Crippen molar-refractivity contribution in [1.82, 2.24) is 5.32 Å². The Kier molecular flexibility index (Phi) is 6.22. The number of ether oxygens (including phenoxy) is 2. The molecule has 3 nitrogen and oxygen atoms in total. The van der Waals surface area contributed by atoms with Gasteiger partial charge < -0.3 is 14.8 Å². The molecule has 2 unspecified atom stereocenters. The summed E-state index contributed by atoms with van der Waals surface area (Å²) in [6.45, 7) is 6.77. The zero-order valence-corrected chi connectivity index (χ0v) is 13.7. The first kappa shape index (κ1) is 16.5. The third kappa shape index (κ3) is 4.53. The fraction of sp³-hybridized carbons (Fsp3) is 0.667. The molecule has 1 saturated heterocycles. The van der Waals surface area contributed by atoms with Crippen LogP contribution in [0.25, 0.3) is 0 Å². The van der Waals surface area contributed by atoms with Crippen molar-refractivity contribution in [2.45, 2.75) is 51.2 Å². The van der Waals surface area contributed by atoms with Crippen molar-refractivity contribution in [3.8, 4) is 0 Å². The SMILES string of the molecule is CCCCc1ccc(C(C)NCC2(OC)CCOC2)cc1. The van der Waals surface area contributed by atoms with Gasteiger partial charge >= 0.3 is 0 Å². The molecule has 1 aliphatic heterocycles. The van der Waals surface area contributed by atoms with Crippen molar-refractivity contribution in [2.75, 3.05) is 26.9 Å². The van der Waals surface area contributed by atoms with Gasteiger partial charge in [0.1, 0.15) is 5.60 Å². The van der Waals surface area contributed by atoms with Crippen LogP contribution in [0.15, 0.2) is 24.3 Å². The fourth-order valence-corrected chi connectivity index (χ4v) is 2.77. The highest BCUT2D eigenvalue weighted by Gasteiger charge is 2.34. The summed E-state index contributed by atoms with van der Waals surface area (Å²) in [4.78, 5) is 0. The molecule has 0 aliphatic carbocycles. The maximum Gasteiger partial charge on any atom is 0.106 e. The van der Waals surface area contributed by atoms with Gasteiger partial charge in [-0.1, -0.05) is 37.6 Å². The van der Waals surface area contributed by atoms with E-state index < -0.39 is 0 Å². The van der Waals surface area contributed by atoms with Crippen molar-refractivity contribution >= 4 is 0 Å². The lowest BCUT2D eigenvalue weighted by atomic mass is 10.0. The number of nitrogens with one attached hydrogen (secondary N) is 1. The maximum atomic E-state index is 5.66. The molecule has 1 aromatic rings. The van der Waals surface area contributed by atoms with Crippen LogP contribution in [0, 0.1) is 0 Å².